The minimum atomic E-state index is -0.152. The Morgan fingerprint density at radius 1 is 1.14 bits per heavy atom. The largest absolute Gasteiger partial charge is 0.381 e. The molecule has 1 aromatic carbocycles. The lowest BCUT2D eigenvalue weighted by Gasteiger charge is -2.38. The van der Waals surface area contributed by atoms with Gasteiger partial charge >= 0.3 is 0 Å². The quantitative estimate of drug-likeness (QED) is 0.690. The molecular formula is C21H27Cl2N3O2. The third-order valence-electron chi connectivity index (χ3n) is 5.58. The Hall–Kier alpha value is -1.56. The number of hydrogen-bond acceptors (Lipinski definition) is 4. The molecule has 7 heteroatoms. The molecule has 28 heavy (non-hydrogen) atoms. The molecule has 4 rings (SSSR count). The Kier molecular flexibility index (Phi) is 6.69. The summed E-state index contributed by atoms with van der Waals surface area (Å²) in [6.45, 7) is 9.35. The highest BCUT2D eigenvalue weighted by Crippen LogP contribution is 2.39. The minimum Gasteiger partial charge on any atom is -0.381 e. The number of piperidine rings is 1. The molecule has 2 aliphatic heterocycles. The zero-order chi connectivity index (χ0) is 20.3. The van der Waals surface area contributed by atoms with Crippen molar-refractivity contribution in [3.8, 4) is 5.69 Å². The predicted octanol–water partition coefficient (Wildman–Crippen LogP) is 4.88. The van der Waals surface area contributed by atoms with Crippen LogP contribution in [0, 0.1) is 12.3 Å². The summed E-state index contributed by atoms with van der Waals surface area (Å²) in [7, 11) is 0. The van der Waals surface area contributed by atoms with Crippen molar-refractivity contribution < 1.29 is 4.74 Å². The molecule has 2 aliphatic rings. The van der Waals surface area contributed by atoms with E-state index in [0.717, 1.165) is 51.4 Å². The summed E-state index contributed by atoms with van der Waals surface area (Å²) < 4.78 is 7.10. The highest BCUT2D eigenvalue weighted by atomic mass is 35.5. The molecule has 1 aromatic heterocycles. The molecule has 0 radical (unpaired) electrons. The molecular weight excluding hydrogens is 397 g/mol. The van der Waals surface area contributed by atoms with Gasteiger partial charge in [0.2, 0.25) is 0 Å². The zero-order valence-corrected chi connectivity index (χ0v) is 18.2. The van der Waals surface area contributed by atoms with Crippen LogP contribution in [0.25, 0.3) is 5.69 Å². The van der Waals surface area contributed by atoms with Gasteiger partial charge in [-0.2, -0.15) is 0 Å². The van der Waals surface area contributed by atoms with E-state index in [1.54, 1.807) is 24.3 Å². The average Bonchev–Trinajstić information content (AvgIpc) is 3.14. The van der Waals surface area contributed by atoms with Crippen LogP contribution in [0.2, 0.25) is 10.0 Å². The number of halogens is 2. The number of nitrogens with zero attached hydrogens (tertiary/aromatic N) is 3. The molecule has 0 unspecified atom stereocenters. The van der Waals surface area contributed by atoms with E-state index in [2.05, 4.69) is 9.88 Å². The Balaban J connectivity index is 0.00000109. The topological polar surface area (TPSA) is 47.4 Å². The summed E-state index contributed by atoms with van der Waals surface area (Å²) in [4.78, 5) is 19.7. The van der Waals surface area contributed by atoms with Gasteiger partial charge in [0.1, 0.15) is 11.6 Å². The van der Waals surface area contributed by atoms with Crippen molar-refractivity contribution in [3.05, 3.63) is 50.5 Å². The van der Waals surface area contributed by atoms with Gasteiger partial charge in [-0.1, -0.05) is 43.1 Å². The number of aryl methyl sites for hydroxylation is 1. The van der Waals surface area contributed by atoms with Gasteiger partial charge in [-0.15, -0.1) is 0 Å². The summed E-state index contributed by atoms with van der Waals surface area (Å²) in [6, 6.07) is 6.84. The third-order valence-corrected chi connectivity index (χ3v) is 6.39. The minimum absolute atomic E-state index is 0.152. The fraction of sp³-hybridized carbons (Fsp3) is 0.524. The van der Waals surface area contributed by atoms with Gasteiger partial charge in [-0.3, -0.25) is 9.36 Å². The van der Waals surface area contributed by atoms with Crippen LogP contribution in [-0.4, -0.2) is 35.9 Å². The van der Waals surface area contributed by atoms with Crippen molar-refractivity contribution in [2.75, 3.05) is 31.2 Å². The molecule has 1 spiro atoms. The van der Waals surface area contributed by atoms with Gasteiger partial charge in [0, 0.05) is 25.8 Å². The Morgan fingerprint density at radius 2 is 1.86 bits per heavy atom. The fourth-order valence-electron chi connectivity index (χ4n) is 3.96. The first kappa shape index (κ1) is 21.2. The van der Waals surface area contributed by atoms with Gasteiger partial charge in [0.25, 0.3) is 5.56 Å². The molecule has 0 aliphatic carbocycles. The molecule has 2 fully saturated rings. The molecule has 3 heterocycles. The van der Waals surface area contributed by atoms with E-state index >= 15 is 0 Å². The van der Waals surface area contributed by atoms with Crippen LogP contribution < -0.4 is 10.5 Å². The van der Waals surface area contributed by atoms with E-state index in [0.29, 0.717) is 27.0 Å². The first-order valence-corrected chi connectivity index (χ1v) is 10.6. The van der Waals surface area contributed by atoms with Crippen LogP contribution in [0.15, 0.2) is 29.1 Å². The normalized spacial score (nSPS) is 18.1. The second-order valence-corrected chi connectivity index (χ2v) is 7.98. The van der Waals surface area contributed by atoms with E-state index in [4.69, 9.17) is 27.9 Å². The Bertz CT molecular complexity index is 882. The average molecular weight is 424 g/mol. The van der Waals surface area contributed by atoms with Crippen molar-refractivity contribution >= 4 is 29.0 Å². The van der Waals surface area contributed by atoms with Crippen LogP contribution in [0.5, 0.6) is 0 Å². The Morgan fingerprint density at radius 3 is 2.46 bits per heavy atom. The first-order chi connectivity index (χ1) is 13.5. The summed E-state index contributed by atoms with van der Waals surface area (Å²) in [5, 5.41) is 0.773. The standard InChI is InChI=1S/C19H21Cl2N3O2.C2H6/c1-13-22-16(23-8-5-19(6-9-23)7-10-26-12-19)11-17(25)24(13)15-4-2-3-14(20)18(15)21;1-2/h2-4,11H,5-10,12H2,1H3;1-2H3. The van der Waals surface area contributed by atoms with Gasteiger partial charge in [-0.05, 0) is 43.7 Å². The smallest absolute Gasteiger partial charge is 0.260 e. The summed E-state index contributed by atoms with van der Waals surface area (Å²) in [6.07, 6.45) is 3.30. The van der Waals surface area contributed by atoms with Crippen LogP contribution >= 0.6 is 23.2 Å². The van der Waals surface area contributed by atoms with Crippen LogP contribution in [0.3, 0.4) is 0 Å². The number of hydrogen-bond donors (Lipinski definition) is 0. The van der Waals surface area contributed by atoms with E-state index in [-0.39, 0.29) is 5.56 Å². The monoisotopic (exact) mass is 423 g/mol. The maximum absolute atomic E-state index is 12.8. The fourth-order valence-corrected chi connectivity index (χ4v) is 4.34. The van der Waals surface area contributed by atoms with E-state index < -0.39 is 0 Å². The second kappa shape index (κ2) is 8.85. The van der Waals surface area contributed by atoms with Crippen LogP contribution in [0.1, 0.15) is 38.9 Å². The number of ether oxygens (including phenoxy) is 1. The van der Waals surface area contributed by atoms with Gasteiger partial charge in [0.15, 0.2) is 0 Å². The van der Waals surface area contributed by atoms with Crippen molar-refractivity contribution in [2.45, 2.75) is 40.0 Å². The highest BCUT2D eigenvalue weighted by molar-refractivity contribution is 6.43. The van der Waals surface area contributed by atoms with Gasteiger partial charge in [-0.25, -0.2) is 4.98 Å². The molecule has 152 valence electrons. The molecule has 2 aromatic rings. The zero-order valence-electron chi connectivity index (χ0n) is 16.7. The lowest BCUT2D eigenvalue weighted by molar-refractivity contribution is 0.133. The van der Waals surface area contributed by atoms with Gasteiger partial charge < -0.3 is 9.64 Å². The molecule has 0 atom stereocenters. The molecule has 0 bridgehead atoms. The molecule has 0 N–H and O–H groups in total. The Labute approximate surface area is 176 Å². The van der Waals surface area contributed by atoms with E-state index in [1.165, 1.54) is 4.57 Å². The molecule has 0 saturated carbocycles. The van der Waals surface area contributed by atoms with Crippen molar-refractivity contribution in [1.82, 2.24) is 9.55 Å². The van der Waals surface area contributed by atoms with Gasteiger partial charge in [0.05, 0.1) is 22.3 Å². The molecule has 0 amide bonds. The predicted molar refractivity (Wildman–Crippen MR) is 115 cm³/mol. The van der Waals surface area contributed by atoms with Crippen LogP contribution in [-0.2, 0) is 4.74 Å². The SMILES string of the molecule is CC.Cc1nc(N2CCC3(CCOC3)CC2)cc(=O)n1-c1cccc(Cl)c1Cl. The summed E-state index contributed by atoms with van der Waals surface area (Å²) >= 11 is 12.4. The second-order valence-electron chi connectivity index (χ2n) is 7.20. The van der Waals surface area contributed by atoms with Crippen molar-refractivity contribution in [1.29, 1.82) is 0 Å². The lowest BCUT2D eigenvalue weighted by Crippen LogP contribution is -2.41. The number of aromatic nitrogens is 2. The summed E-state index contributed by atoms with van der Waals surface area (Å²) in [5.74, 6) is 1.33. The van der Waals surface area contributed by atoms with Crippen molar-refractivity contribution in [2.24, 2.45) is 5.41 Å². The maximum Gasteiger partial charge on any atom is 0.260 e. The number of anilines is 1. The maximum atomic E-state index is 12.8. The van der Waals surface area contributed by atoms with E-state index in [9.17, 15) is 4.79 Å². The third kappa shape index (κ3) is 4.07. The van der Waals surface area contributed by atoms with Crippen molar-refractivity contribution in [3.63, 3.8) is 0 Å². The number of benzene rings is 1. The first-order valence-electron chi connectivity index (χ1n) is 9.87. The lowest BCUT2D eigenvalue weighted by atomic mass is 9.78. The van der Waals surface area contributed by atoms with E-state index in [1.807, 2.05) is 20.8 Å². The summed E-state index contributed by atoms with van der Waals surface area (Å²) in [5.41, 5.74) is 0.733. The molecule has 5 nitrogen and oxygen atoms in total. The molecule has 2 saturated heterocycles. The number of rotatable bonds is 2. The highest BCUT2D eigenvalue weighted by Gasteiger charge is 2.38. The van der Waals surface area contributed by atoms with Crippen LogP contribution in [0.4, 0.5) is 5.82 Å².